The summed E-state index contributed by atoms with van der Waals surface area (Å²) < 4.78 is 0. The number of nitrogens with two attached hydrogens (primary N) is 1. The van der Waals surface area contributed by atoms with Crippen LogP contribution in [0, 0.1) is 22.0 Å². The molecule has 4 N–H and O–H groups in total. The highest BCUT2D eigenvalue weighted by Crippen LogP contribution is 2.33. The van der Waals surface area contributed by atoms with E-state index in [0.717, 1.165) is 51.5 Å². The van der Waals surface area contributed by atoms with Crippen LogP contribution in [0.4, 0.5) is 17.5 Å². The van der Waals surface area contributed by atoms with E-state index in [1.165, 1.54) is 17.3 Å². The SMILES string of the molecule is NCC1CCC(CNc2nc(N[C@@H]3CCCc4ccccc43)ncc2[N+](=O)[O-])CC1. The van der Waals surface area contributed by atoms with E-state index in [0.29, 0.717) is 30.1 Å². The first-order valence-corrected chi connectivity index (χ1v) is 10.9. The number of aromatic nitrogens is 2. The summed E-state index contributed by atoms with van der Waals surface area (Å²) in [6.45, 7) is 1.43. The average molecular weight is 411 g/mol. The number of hydrogen-bond acceptors (Lipinski definition) is 7. The van der Waals surface area contributed by atoms with Crippen molar-refractivity contribution in [3.8, 4) is 0 Å². The first-order valence-electron chi connectivity index (χ1n) is 10.9. The van der Waals surface area contributed by atoms with E-state index < -0.39 is 4.92 Å². The molecule has 0 aliphatic heterocycles. The van der Waals surface area contributed by atoms with Gasteiger partial charge < -0.3 is 16.4 Å². The van der Waals surface area contributed by atoms with Crippen molar-refractivity contribution < 1.29 is 4.92 Å². The Labute approximate surface area is 176 Å². The minimum atomic E-state index is -0.423. The predicted octanol–water partition coefficient (Wildman–Crippen LogP) is 4.05. The normalized spacial score (nSPS) is 23.4. The summed E-state index contributed by atoms with van der Waals surface area (Å²) in [7, 11) is 0. The molecular formula is C22H30N6O2. The maximum absolute atomic E-state index is 11.5. The highest BCUT2D eigenvalue weighted by atomic mass is 16.6. The van der Waals surface area contributed by atoms with Crippen LogP contribution >= 0.6 is 0 Å². The molecule has 1 fully saturated rings. The number of nitrogens with zero attached hydrogens (tertiary/aromatic N) is 3. The van der Waals surface area contributed by atoms with Crippen molar-refractivity contribution in [2.75, 3.05) is 23.7 Å². The smallest absolute Gasteiger partial charge is 0.329 e. The molecule has 1 aromatic heterocycles. The molecule has 0 spiro atoms. The molecule has 1 atom stereocenters. The number of benzene rings is 1. The summed E-state index contributed by atoms with van der Waals surface area (Å²) in [6, 6.07) is 8.52. The zero-order chi connectivity index (χ0) is 20.9. The Morgan fingerprint density at radius 1 is 1.13 bits per heavy atom. The van der Waals surface area contributed by atoms with Crippen molar-refractivity contribution in [3.05, 3.63) is 51.7 Å². The monoisotopic (exact) mass is 410 g/mol. The predicted molar refractivity (Wildman–Crippen MR) is 117 cm³/mol. The summed E-state index contributed by atoms with van der Waals surface area (Å²) >= 11 is 0. The molecule has 2 aliphatic carbocycles. The third-order valence-electron chi connectivity index (χ3n) is 6.50. The number of hydrogen-bond donors (Lipinski definition) is 3. The van der Waals surface area contributed by atoms with Gasteiger partial charge in [0.05, 0.1) is 11.0 Å². The van der Waals surface area contributed by atoms with E-state index in [1.54, 1.807) is 0 Å². The second-order valence-electron chi connectivity index (χ2n) is 8.48. The first kappa shape index (κ1) is 20.5. The van der Waals surface area contributed by atoms with Crippen LogP contribution in [-0.2, 0) is 6.42 Å². The van der Waals surface area contributed by atoms with Crippen LogP contribution in [0.1, 0.15) is 55.7 Å². The van der Waals surface area contributed by atoms with Crippen LogP contribution in [0.2, 0.25) is 0 Å². The molecule has 160 valence electrons. The Kier molecular flexibility index (Phi) is 6.42. The third-order valence-corrected chi connectivity index (χ3v) is 6.50. The van der Waals surface area contributed by atoms with Gasteiger partial charge >= 0.3 is 5.69 Å². The lowest BCUT2D eigenvalue weighted by Gasteiger charge is -2.28. The number of rotatable bonds is 7. The number of nitro groups is 1. The van der Waals surface area contributed by atoms with Crippen LogP contribution in [0.5, 0.6) is 0 Å². The van der Waals surface area contributed by atoms with Gasteiger partial charge in [0.15, 0.2) is 0 Å². The fourth-order valence-corrected chi connectivity index (χ4v) is 4.68. The molecule has 0 amide bonds. The average Bonchev–Trinajstić information content (AvgIpc) is 2.78. The molecule has 4 rings (SSSR count). The molecule has 0 radical (unpaired) electrons. The number of aryl methyl sites for hydroxylation is 1. The van der Waals surface area contributed by atoms with E-state index >= 15 is 0 Å². The molecular weight excluding hydrogens is 380 g/mol. The van der Waals surface area contributed by atoms with Gasteiger partial charge in [0.2, 0.25) is 11.8 Å². The van der Waals surface area contributed by atoms with Gasteiger partial charge in [-0.05, 0) is 74.5 Å². The topological polar surface area (TPSA) is 119 Å². The fourth-order valence-electron chi connectivity index (χ4n) is 4.68. The third kappa shape index (κ3) is 4.70. The van der Waals surface area contributed by atoms with Gasteiger partial charge in [-0.15, -0.1) is 0 Å². The molecule has 0 bridgehead atoms. The van der Waals surface area contributed by atoms with Crippen LogP contribution < -0.4 is 16.4 Å². The molecule has 8 nitrogen and oxygen atoms in total. The lowest BCUT2D eigenvalue weighted by atomic mass is 9.82. The molecule has 2 aromatic rings. The Balaban J connectivity index is 1.46. The molecule has 2 aliphatic rings. The fraction of sp³-hybridized carbons (Fsp3) is 0.545. The quantitative estimate of drug-likeness (QED) is 0.465. The Morgan fingerprint density at radius 3 is 2.67 bits per heavy atom. The second kappa shape index (κ2) is 9.38. The maximum Gasteiger partial charge on any atom is 0.329 e. The lowest BCUT2D eigenvalue weighted by Crippen LogP contribution is -2.25. The zero-order valence-electron chi connectivity index (χ0n) is 17.2. The van der Waals surface area contributed by atoms with E-state index in [4.69, 9.17) is 5.73 Å². The van der Waals surface area contributed by atoms with Crippen LogP contribution in [0.15, 0.2) is 30.5 Å². The number of fused-ring (bicyclic) bond motifs is 1. The maximum atomic E-state index is 11.5. The Morgan fingerprint density at radius 2 is 1.90 bits per heavy atom. The minimum Gasteiger partial charge on any atom is -0.364 e. The molecule has 8 heteroatoms. The second-order valence-corrected chi connectivity index (χ2v) is 8.48. The van der Waals surface area contributed by atoms with Gasteiger partial charge in [-0.3, -0.25) is 10.1 Å². The summed E-state index contributed by atoms with van der Waals surface area (Å²) in [5.74, 6) is 1.83. The lowest BCUT2D eigenvalue weighted by molar-refractivity contribution is -0.384. The molecule has 0 unspecified atom stereocenters. The molecule has 1 aromatic carbocycles. The van der Waals surface area contributed by atoms with Gasteiger partial charge in [0.1, 0.15) is 6.20 Å². The van der Waals surface area contributed by atoms with E-state index in [1.807, 2.05) is 6.07 Å². The largest absolute Gasteiger partial charge is 0.364 e. The van der Waals surface area contributed by atoms with Crippen LogP contribution in [0.3, 0.4) is 0 Å². The van der Waals surface area contributed by atoms with Gasteiger partial charge in [-0.1, -0.05) is 24.3 Å². The van der Waals surface area contributed by atoms with Gasteiger partial charge in [-0.2, -0.15) is 4.98 Å². The van der Waals surface area contributed by atoms with Crippen molar-refractivity contribution in [3.63, 3.8) is 0 Å². The van der Waals surface area contributed by atoms with Crippen molar-refractivity contribution in [2.24, 2.45) is 17.6 Å². The van der Waals surface area contributed by atoms with Crippen molar-refractivity contribution in [1.29, 1.82) is 0 Å². The molecule has 1 saturated carbocycles. The highest BCUT2D eigenvalue weighted by Gasteiger charge is 2.24. The Hall–Kier alpha value is -2.74. The molecule has 30 heavy (non-hydrogen) atoms. The Bertz CT molecular complexity index is 882. The van der Waals surface area contributed by atoms with Crippen LogP contribution in [-0.4, -0.2) is 28.0 Å². The summed E-state index contributed by atoms with van der Waals surface area (Å²) in [5.41, 5.74) is 8.30. The zero-order valence-corrected chi connectivity index (χ0v) is 17.2. The molecule has 0 saturated heterocycles. The minimum absolute atomic E-state index is 0.0831. The van der Waals surface area contributed by atoms with E-state index in [2.05, 4.69) is 38.8 Å². The van der Waals surface area contributed by atoms with Crippen LogP contribution in [0.25, 0.3) is 0 Å². The van der Waals surface area contributed by atoms with Gasteiger partial charge in [-0.25, -0.2) is 4.98 Å². The van der Waals surface area contributed by atoms with Gasteiger partial charge in [0, 0.05) is 6.54 Å². The molecule has 1 heterocycles. The first-order chi connectivity index (χ1) is 14.6. The number of anilines is 2. The number of nitrogens with one attached hydrogen (secondary N) is 2. The highest BCUT2D eigenvalue weighted by molar-refractivity contribution is 5.57. The van der Waals surface area contributed by atoms with Gasteiger partial charge in [0.25, 0.3) is 0 Å². The van der Waals surface area contributed by atoms with Crippen molar-refractivity contribution >= 4 is 17.5 Å². The van der Waals surface area contributed by atoms with E-state index in [-0.39, 0.29) is 11.7 Å². The van der Waals surface area contributed by atoms with Crippen molar-refractivity contribution in [1.82, 2.24) is 9.97 Å². The summed E-state index contributed by atoms with van der Waals surface area (Å²) in [5, 5.41) is 18.1. The van der Waals surface area contributed by atoms with Crippen molar-refractivity contribution in [2.45, 2.75) is 51.0 Å². The standard InChI is InChI=1S/C22H30N6O2/c23-12-15-8-10-16(11-9-15)13-24-21-20(28(29)30)14-25-22(27-21)26-19-7-3-5-17-4-1-2-6-18(17)19/h1-2,4,6,14-16,19H,3,5,7-13,23H2,(H2,24,25,26,27)/t15?,16?,19-/m1/s1. The summed E-state index contributed by atoms with van der Waals surface area (Å²) in [4.78, 5) is 19.8. The van der Waals surface area contributed by atoms with E-state index in [9.17, 15) is 10.1 Å². The summed E-state index contributed by atoms with van der Waals surface area (Å²) in [6.07, 6.45) is 8.91.